The Bertz CT molecular complexity index is 829. The Morgan fingerprint density at radius 3 is 2.55 bits per heavy atom. The third-order valence-electron chi connectivity index (χ3n) is 5.34. The highest BCUT2D eigenvalue weighted by Gasteiger charge is 2.24. The smallest absolute Gasteiger partial charge is 0.222 e. The minimum atomic E-state index is -0.889. The zero-order chi connectivity index (χ0) is 20.8. The van der Waals surface area contributed by atoms with Crippen molar-refractivity contribution in [3.63, 3.8) is 0 Å². The number of carbonyl (C=O) groups is 1. The molecule has 2 aromatic carbocycles. The molecule has 0 spiro atoms. The van der Waals surface area contributed by atoms with Gasteiger partial charge in [-0.1, -0.05) is 18.2 Å². The summed E-state index contributed by atoms with van der Waals surface area (Å²) in [5.41, 5.74) is 8.16. The highest BCUT2D eigenvalue weighted by molar-refractivity contribution is 5.76. The van der Waals surface area contributed by atoms with Crippen LogP contribution in [0, 0.1) is 17.5 Å². The molecule has 1 fully saturated rings. The van der Waals surface area contributed by atoms with E-state index in [1.807, 2.05) is 0 Å². The quantitative estimate of drug-likeness (QED) is 0.701. The van der Waals surface area contributed by atoms with E-state index in [0.717, 1.165) is 37.0 Å². The van der Waals surface area contributed by atoms with Crippen molar-refractivity contribution < 1.29 is 18.0 Å². The molecule has 7 heteroatoms. The van der Waals surface area contributed by atoms with Crippen LogP contribution in [0.1, 0.15) is 42.9 Å². The highest BCUT2D eigenvalue weighted by Crippen LogP contribution is 2.24. The van der Waals surface area contributed by atoms with Crippen LogP contribution in [0.3, 0.4) is 0 Å². The van der Waals surface area contributed by atoms with Crippen LogP contribution in [0.25, 0.3) is 0 Å². The maximum absolute atomic E-state index is 13.2. The molecule has 0 aromatic heterocycles. The Morgan fingerprint density at radius 1 is 1.07 bits per heavy atom. The number of rotatable bonds is 8. The molecule has 156 valence electrons. The Labute approximate surface area is 169 Å². The highest BCUT2D eigenvalue weighted by atomic mass is 19.2. The van der Waals surface area contributed by atoms with Gasteiger partial charge in [0.1, 0.15) is 5.82 Å². The number of halogens is 3. The van der Waals surface area contributed by atoms with Gasteiger partial charge in [-0.25, -0.2) is 13.2 Å². The second-order valence-corrected chi connectivity index (χ2v) is 7.53. The second-order valence-electron chi connectivity index (χ2n) is 7.53. The van der Waals surface area contributed by atoms with Gasteiger partial charge in [-0.05, 0) is 61.1 Å². The van der Waals surface area contributed by atoms with Gasteiger partial charge in [0.05, 0.1) is 0 Å². The normalized spacial score (nSPS) is 18.8. The Balaban J connectivity index is 1.36. The molecule has 1 heterocycles. The summed E-state index contributed by atoms with van der Waals surface area (Å²) in [4.78, 5) is 13.9. The molecule has 0 radical (unpaired) electrons. The lowest BCUT2D eigenvalue weighted by atomic mass is 9.99. The Morgan fingerprint density at radius 2 is 1.83 bits per heavy atom. The molecule has 0 aliphatic carbocycles. The molecule has 29 heavy (non-hydrogen) atoms. The van der Waals surface area contributed by atoms with E-state index in [1.165, 1.54) is 18.2 Å². The van der Waals surface area contributed by atoms with Crippen molar-refractivity contribution in [2.75, 3.05) is 13.6 Å². The number of benzene rings is 2. The van der Waals surface area contributed by atoms with Crippen LogP contribution in [-0.4, -0.2) is 30.4 Å². The van der Waals surface area contributed by atoms with Gasteiger partial charge in [-0.3, -0.25) is 15.6 Å². The monoisotopic (exact) mass is 405 g/mol. The van der Waals surface area contributed by atoms with Crippen molar-refractivity contribution in [1.29, 1.82) is 0 Å². The average Bonchev–Trinajstić information content (AvgIpc) is 3.18. The maximum atomic E-state index is 13.2. The Hall–Kier alpha value is -2.38. The zero-order valence-corrected chi connectivity index (χ0v) is 16.4. The van der Waals surface area contributed by atoms with Gasteiger partial charge in [-0.2, -0.15) is 0 Å². The first-order chi connectivity index (χ1) is 13.9. The van der Waals surface area contributed by atoms with E-state index >= 15 is 0 Å². The van der Waals surface area contributed by atoms with E-state index in [9.17, 15) is 18.0 Å². The van der Waals surface area contributed by atoms with Gasteiger partial charge >= 0.3 is 0 Å². The van der Waals surface area contributed by atoms with Gasteiger partial charge < -0.3 is 4.90 Å². The van der Waals surface area contributed by atoms with Crippen molar-refractivity contribution in [2.45, 2.75) is 44.2 Å². The van der Waals surface area contributed by atoms with Crippen LogP contribution in [0.2, 0.25) is 0 Å². The molecule has 1 saturated heterocycles. The molecule has 2 N–H and O–H groups in total. The number of amides is 1. The van der Waals surface area contributed by atoms with E-state index in [-0.39, 0.29) is 30.2 Å². The summed E-state index contributed by atoms with van der Waals surface area (Å²) in [7, 11) is 1.76. The average molecular weight is 405 g/mol. The van der Waals surface area contributed by atoms with E-state index in [2.05, 4.69) is 10.9 Å². The van der Waals surface area contributed by atoms with Crippen LogP contribution < -0.4 is 10.9 Å². The third kappa shape index (κ3) is 6.05. The molecular formula is C22H26F3N3O. The maximum Gasteiger partial charge on any atom is 0.222 e. The van der Waals surface area contributed by atoms with Gasteiger partial charge in [0.2, 0.25) is 5.91 Å². The van der Waals surface area contributed by atoms with E-state index in [0.29, 0.717) is 18.5 Å². The van der Waals surface area contributed by atoms with Gasteiger partial charge in [0.25, 0.3) is 0 Å². The van der Waals surface area contributed by atoms with Gasteiger partial charge in [0.15, 0.2) is 11.6 Å². The van der Waals surface area contributed by atoms with E-state index < -0.39 is 11.6 Å². The lowest BCUT2D eigenvalue weighted by molar-refractivity contribution is -0.129. The van der Waals surface area contributed by atoms with Crippen molar-refractivity contribution in [2.24, 2.45) is 0 Å². The molecule has 4 nitrogen and oxygen atoms in total. The summed E-state index contributed by atoms with van der Waals surface area (Å²) in [5.74, 6) is -2.03. The number of nitrogens with zero attached hydrogens (tertiary/aromatic N) is 1. The molecule has 2 unspecified atom stereocenters. The van der Waals surface area contributed by atoms with Crippen molar-refractivity contribution >= 4 is 5.91 Å². The van der Waals surface area contributed by atoms with Crippen LogP contribution >= 0.6 is 0 Å². The van der Waals surface area contributed by atoms with E-state index in [4.69, 9.17) is 0 Å². The summed E-state index contributed by atoms with van der Waals surface area (Å²) < 4.78 is 39.2. The second kappa shape index (κ2) is 9.89. The van der Waals surface area contributed by atoms with Crippen molar-refractivity contribution in [3.8, 4) is 0 Å². The summed E-state index contributed by atoms with van der Waals surface area (Å²) in [6, 6.07) is 10.7. The van der Waals surface area contributed by atoms with Crippen LogP contribution in [0.4, 0.5) is 13.2 Å². The summed E-state index contributed by atoms with van der Waals surface area (Å²) in [6.45, 7) is 0.635. The first-order valence-electron chi connectivity index (χ1n) is 9.87. The molecule has 1 amide bonds. The lowest BCUT2D eigenvalue weighted by Crippen LogP contribution is -2.32. The van der Waals surface area contributed by atoms with Crippen molar-refractivity contribution in [1.82, 2.24) is 15.8 Å². The van der Waals surface area contributed by atoms with Gasteiger partial charge in [0, 0.05) is 32.1 Å². The molecule has 1 aliphatic rings. The summed E-state index contributed by atoms with van der Waals surface area (Å²) in [6.07, 6.45) is 3.30. The minimum absolute atomic E-state index is 0.0172. The standard InChI is InChI=1S/C22H26F3N3O/c1-28(22(29)11-5-15-4-10-19(24)20(25)13-15)12-2-3-18-14-21(27-26-18)16-6-8-17(23)9-7-16/h4,6-10,13,18,21,26-27H,2-3,5,11-12,14H2,1H3. The number of aryl methyl sites for hydroxylation is 1. The predicted octanol–water partition coefficient (Wildman–Crippen LogP) is 3.88. The number of hydrogen-bond donors (Lipinski definition) is 2. The largest absolute Gasteiger partial charge is 0.346 e. The Kier molecular flexibility index (Phi) is 7.28. The summed E-state index contributed by atoms with van der Waals surface area (Å²) >= 11 is 0. The SMILES string of the molecule is CN(CCCC1CC(c2ccc(F)cc2)NN1)C(=O)CCc1ccc(F)c(F)c1. The predicted molar refractivity (Wildman–Crippen MR) is 105 cm³/mol. The zero-order valence-electron chi connectivity index (χ0n) is 16.4. The topological polar surface area (TPSA) is 44.4 Å². The molecule has 2 atom stereocenters. The molecular weight excluding hydrogens is 379 g/mol. The fourth-order valence-electron chi connectivity index (χ4n) is 3.56. The van der Waals surface area contributed by atoms with Gasteiger partial charge in [-0.15, -0.1) is 0 Å². The fourth-order valence-corrected chi connectivity index (χ4v) is 3.56. The number of carbonyl (C=O) groups excluding carboxylic acids is 1. The number of hydrazine groups is 1. The first-order valence-corrected chi connectivity index (χ1v) is 9.87. The van der Waals surface area contributed by atoms with Crippen LogP contribution in [-0.2, 0) is 11.2 Å². The first kappa shape index (κ1) is 21.3. The lowest BCUT2D eigenvalue weighted by Gasteiger charge is -2.18. The minimum Gasteiger partial charge on any atom is -0.346 e. The number of hydrogen-bond acceptors (Lipinski definition) is 3. The molecule has 3 rings (SSSR count). The molecule has 0 saturated carbocycles. The molecule has 1 aliphatic heterocycles. The third-order valence-corrected chi connectivity index (χ3v) is 5.34. The van der Waals surface area contributed by atoms with Crippen LogP contribution in [0.15, 0.2) is 42.5 Å². The van der Waals surface area contributed by atoms with Crippen molar-refractivity contribution in [3.05, 3.63) is 71.0 Å². The van der Waals surface area contributed by atoms with E-state index in [1.54, 1.807) is 24.1 Å². The molecule has 2 aromatic rings. The summed E-state index contributed by atoms with van der Waals surface area (Å²) in [5, 5.41) is 0. The molecule has 0 bridgehead atoms. The van der Waals surface area contributed by atoms with Crippen LogP contribution in [0.5, 0.6) is 0 Å². The fraction of sp³-hybridized carbons (Fsp3) is 0.409. The number of nitrogens with one attached hydrogen (secondary N) is 2.